The zero-order valence-electron chi connectivity index (χ0n) is 17.9. The fourth-order valence-electron chi connectivity index (χ4n) is 8.55. The van der Waals surface area contributed by atoms with Crippen LogP contribution in [0, 0.1) is 34.5 Å². The van der Waals surface area contributed by atoms with Gasteiger partial charge in [0.2, 0.25) is 0 Å². The quantitative estimate of drug-likeness (QED) is 0.441. The monoisotopic (exact) mass is 374 g/mol. The lowest BCUT2D eigenvalue weighted by Crippen LogP contribution is -2.54. The molecule has 148 valence electrons. The van der Waals surface area contributed by atoms with Crippen LogP contribution in [-0.4, -0.2) is 11.0 Å². The Hall–Kier alpha value is 0.0900. The van der Waals surface area contributed by atoms with Crippen LogP contribution in [0.25, 0.3) is 0 Å². The summed E-state index contributed by atoms with van der Waals surface area (Å²) in [6.45, 7) is 12.1. The number of thioether (sulfide) groups is 1. The molecule has 0 aromatic rings. The largest absolute Gasteiger partial charge is 0.158 e. The molecule has 4 aliphatic rings. The number of allylic oxidation sites excluding steroid dienone is 1. The summed E-state index contributed by atoms with van der Waals surface area (Å²) in [7, 11) is 0. The zero-order valence-corrected chi connectivity index (χ0v) is 18.7. The lowest BCUT2D eigenvalue weighted by Gasteiger charge is -2.58. The van der Waals surface area contributed by atoms with Crippen molar-refractivity contribution in [2.75, 3.05) is 6.26 Å². The van der Waals surface area contributed by atoms with E-state index in [0.717, 1.165) is 23.7 Å². The predicted octanol–water partition coefficient (Wildman–Crippen LogP) is 7.88. The number of hydrogen-bond acceptors (Lipinski definition) is 1. The topological polar surface area (TPSA) is 0 Å². The molecule has 1 heteroatoms. The van der Waals surface area contributed by atoms with E-state index < -0.39 is 0 Å². The molecule has 4 saturated carbocycles. The van der Waals surface area contributed by atoms with E-state index in [4.69, 9.17) is 0 Å². The van der Waals surface area contributed by atoms with Crippen LogP contribution in [0.15, 0.2) is 12.2 Å². The van der Waals surface area contributed by atoms with Crippen LogP contribution in [0.4, 0.5) is 0 Å². The Labute approximate surface area is 167 Å². The van der Waals surface area contributed by atoms with Crippen LogP contribution in [0.2, 0.25) is 0 Å². The molecule has 4 rings (SSSR count). The van der Waals surface area contributed by atoms with Crippen LogP contribution in [0.1, 0.15) is 97.8 Å². The van der Waals surface area contributed by atoms with Gasteiger partial charge >= 0.3 is 0 Å². The van der Waals surface area contributed by atoms with Crippen molar-refractivity contribution in [3.8, 4) is 0 Å². The summed E-state index contributed by atoms with van der Waals surface area (Å²) in [4.78, 5) is 0. The highest BCUT2D eigenvalue weighted by Crippen LogP contribution is 2.77. The average molecular weight is 375 g/mol. The molecule has 4 aliphatic carbocycles. The van der Waals surface area contributed by atoms with Crippen molar-refractivity contribution in [2.24, 2.45) is 34.5 Å². The second-order valence-corrected chi connectivity index (χ2v) is 12.1. The third kappa shape index (κ3) is 2.61. The Balaban J connectivity index is 1.75. The summed E-state index contributed by atoms with van der Waals surface area (Å²) in [5, 5.41) is 0. The molecular formula is C25H42S. The molecule has 0 radical (unpaired) electrons. The summed E-state index contributed by atoms with van der Waals surface area (Å²) in [5.74, 6) is 3.83. The van der Waals surface area contributed by atoms with Gasteiger partial charge in [0.25, 0.3) is 0 Å². The molecule has 0 amide bonds. The van der Waals surface area contributed by atoms with Gasteiger partial charge in [-0.3, -0.25) is 0 Å². The van der Waals surface area contributed by atoms with E-state index >= 15 is 0 Å². The molecule has 6 atom stereocenters. The van der Waals surface area contributed by atoms with Crippen molar-refractivity contribution in [1.29, 1.82) is 0 Å². The minimum absolute atomic E-state index is 0.524. The van der Waals surface area contributed by atoms with E-state index in [9.17, 15) is 0 Å². The number of rotatable bonds is 5. The Morgan fingerprint density at radius 1 is 1.12 bits per heavy atom. The summed E-state index contributed by atoms with van der Waals surface area (Å²) in [6, 6.07) is 0. The van der Waals surface area contributed by atoms with Gasteiger partial charge in [-0.2, -0.15) is 11.8 Å². The molecule has 0 aliphatic heterocycles. The second kappa shape index (κ2) is 6.85. The number of fused-ring (bicyclic) bond motifs is 4. The predicted molar refractivity (Wildman–Crippen MR) is 117 cm³/mol. The SMILES string of the molecule is C=C(CC)CC1CC2(C3CCCCC3)CC3C(C)CCC3(C)C1(SC)C2. The van der Waals surface area contributed by atoms with Crippen molar-refractivity contribution in [1.82, 2.24) is 0 Å². The third-order valence-electron chi connectivity index (χ3n) is 10.0. The van der Waals surface area contributed by atoms with Crippen LogP contribution in [-0.2, 0) is 0 Å². The maximum absolute atomic E-state index is 4.47. The smallest absolute Gasteiger partial charge is 0.0250 e. The van der Waals surface area contributed by atoms with Gasteiger partial charge in [0.05, 0.1) is 0 Å². The van der Waals surface area contributed by atoms with E-state index in [0.29, 0.717) is 15.6 Å². The minimum atomic E-state index is 0.524. The van der Waals surface area contributed by atoms with Gasteiger partial charge in [-0.25, -0.2) is 0 Å². The lowest BCUT2D eigenvalue weighted by molar-refractivity contribution is -0.00998. The van der Waals surface area contributed by atoms with E-state index in [1.807, 2.05) is 0 Å². The van der Waals surface area contributed by atoms with Crippen LogP contribution >= 0.6 is 11.8 Å². The third-order valence-corrected chi connectivity index (χ3v) is 11.7. The van der Waals surface area contributed by atoms with Crippen LogP contribution < -0.4 is 0 Å². The summed E-state index contributed by atoms with van der Waals surface area (Å²) in [6.07, 6.45) is 20.1. The first kappa shape index (κ1) is 19.4. The van der Waals surface area contributed by atoms with Gasteiger partial charge in [0, 0.05) is 4.75 Å². The second-order valence-electron chi connectivity index (χ2n) is 10.9. The van der Waals surface area contributed by atoms with Crippen molar-refractivity contribution in [3.05, 3.63) is 12.2 Å². The highest BCUT2D eigenvalue weighted by molar-refractivity contribution is 8.00. The average Bonchev–Trinajstić information content (AvgIpc) is 3.12. The minimum Gasteiger partial charge on any atom is -0.158 e. The van der Waals surface area contributed by atoms with E-state index in [1.54, 1.807) is 6.42 Å². The van der Waals surface area contributed by atoms with E-state index in [-0.39, 0.29) is 0 Å². The van der Waals surface area contributed by atoms with Crippen LogP contribution in [0.5, 0.6) is 0 Å². The van der Waals surface area contributed by atoms with Gasteiger partial charge in [0.1, 0.15) is 0 Å². The lowest BCUT2D eigenvalue weighted by atomic mass is 9.53. The van der Waals surface area contributed by atoms with E-state index in [1.165, 1.54) is 76.2 Å². The molecule has 0 nitrogen and oxygen atoms in total. The zero-order chi connectivity index (χ0) is 18.6. The molecule has 6 unspecified atom stereocenters. The first-order valence-electron chi connectivity index (χ1n) is 11.6. The molecule has 0 heterocycles. The fourth-order valence-corrected chi connectivity index (χ4v) is 10.2. The molecule has 0 spiro atoms. The van der Waals surface area contributed by atoms with Gasteiger partial charge in [-0.15, -0.1) is 0 Å². The molecule has 0 saturated heterocycles. The van der Waals surface area contributed by atoms with Gasteiger partial charge in [-0.05, 0) is 98.5 Å². The van der Waals surface area contributed by atoms with Crippen molar-refractivity contribution >= 4 is 11.8 Å². The van der Waals surface area contributed by atoms with Gasteiger partial charge in [-0.1, -0.05) is 52.2 Å². The highest BCUT2D eigenvalue weighted by Gasteiger charge is 2.70. The summed E-state index contributed by atoms with van der Waals surface area (Å²) >= 11 is 2.29. The fraction of sp³-hybridized carbons (Fsp3) is 0.920. The standard InChI is InChI=1S/C25H42S/c1-6-18(2)14-21-15-24(20-10-8-7-9-11-20)16-22-19(3)12-13-23(22,4)25(21,17-24)26-5/h19-22H,2,6-17H2,1,3-5H3. The van der Waals surface area contributed by atoms with Crippen LogP contribution in [0.3, 0.4) is 0 Å². The molecular weight excluding hydrogens is 332 g/mol. The van der Waals surface area contributed by atoms with Gasteiger partial charge < -0.3 is 0 Å². The maximum Gasteiger partial charge on any atom is 0.0250 e. The van der Waals surface area contributed by atoms with Crippen molar-refractivity contribution < 1.29 is 0 Å². The molecule has 26 heavy (non-hydrogen) atoms. The first-order valence-corrected chi connectivity index (χ1v) is 12.8. The maximum atomic E-state index is 4.47. The summed E-state index contributed by atoms with van der Waals surface area (Å²) in [5.41, 5.74) is 2.75. The molecule has 2 bridgehead atoms. The van der Waals surface area contributed by atoms with Gasteiger partial charge in [0.15, 0.2) is 0 Å². The Bertz CT molecular complexity index is 546. The highest BCUT2D eigenvalue weighted by atomic mass is 32.2. The van der Waals surface area contributed by atoms with Crippen molar-refractivity contribution in [2.45, 2.75) is 103 Å². The summed E-state index contributed by atoms with van der Waals surface area (Å²) < 4.78 is 0.524. The molecule has 4 fully saturated rings. The molecule has 0 aromatic heterocycles. The van der Waals surface area contributed by atoms with E-state index in [2.05, 4.69) is 45.4 Å². The first-order chi connectivity index (χ1) is 12.4. The normalized spacial score (nSPS) is 48.5. The molecule has 0 aromatic carbocycles. The Kier molecular flexibility index (Phi) is 5.12. The van der Waals surface area contributed by atoms with Crippen molar-refractivity contribution in [3.63, 3.8) is 0 Å². The Morgan fingerprint density at radius 2 is 1.85 bits per heavy atom. The Morgan fingerprint density at radius 3 is 2.50 bits per heavy atom. The molecule has 0 N–H and O–H groups in total. The number of hydrogen-bond donors (Lipinski definition) is 0.